The zero-order valence-electron chi connectivity index (χ0n) is 20.7. The summed E-state index contributed by atoms with van der Waals surface area (Å²) in [5.74, 6) is -7.06. The fraction of sp³-hybridized carbons (Fsp3) is 0.520. The lowest BCUT2D eigenvalue weighted by Crippen LogP contribution is -2.74. The van der Waals surface area contributed by atoms with Gasteiger partial charge in [-0.15, -0.1) is 0 Å². The first-order valence-electron chi connectivity index (χ1n) is 12.0. The molecule has 0 unspecified atom stereocenters. The number of likely N-dealkylation sites (tertiary alicyclic amines) is 1. The van der Waals surface area contributed by atoms with Crippen LogP contribution in [0.3, 0.4) is 0 Å². The van der Waals surface area contributed by atoms with E-state index in [1.54, 1.807) is 6.07 Å². The Morgan fingerprint density at radius 1 is 1.26 bits per heavy atom. The van der Waals surface area contributed by atoms with E-state index in [1.165, 1.54) is 12.1 Å². The molecule has 0 amide bonds. The van der Waals surface area contributed by atoms with Gasteiger partial charge in [0.15, 0.2) is 17.6 Å². The third-order valence-corrected chi connectivity index (χ3v) is 7.93. The van der Waals surface area contributed by atoms with Crippen molar-refractivity contribution in [1.82, 2.24) is 4.90 Å². The molecule has 1 saturated heterocycles. The van der Waals surface area contributed by atoms with Crippen LogP contribution in [0.15, 0.2) is 24.0 Å². The summed E-state index contributed by atoms with van der Waals surface area (Å²) in [6.45, 7) is 1.45. The zero-order valence-corrected chi connectivity index (χ0v) is 20.7. The monoisotopic (exact) mass is 555 g/mol. The van der Waals surface area contributed by atoms with Crippen LogP contribution in [0.2, 0.25) is 0 Å². The molecule has 1 aromatic carbocycles. The third kappa shape index (κ3) is 4.04. The van der Waals surface area contributed by atoms with Crippen LogP contribution < -0.4 is 4.74 Å². The maximum Gasteiger partial charge on any atom is 0.491 e. The molecular weight excluding hydrogens is 531 g/mol. The van der Waals surface area contributed by atoms with Gasteiger partial charge in [-0.2, -0.15) is 13.2 Å². The Bertz CT molecular complexity index is 1310. The van der Waals surface area contributed by atoms with E-state index in [4.69, 9.17) is 14.2 Å². The maximum absolute atomic E-state index is 13.0. The van der Waals surface area contributed by atoms with E-state index in [0.717, 1.165) is 12.5 Å². The number of rotatable bonds is 5. The molecule has 210 valence electrons. The quantitative estimate of drug-likeness (QED) is 0.306. The number of piperidine rings is 1. The number of esters is 4. The number of carbonyl (C=O) groups excluding carboxylic acids is 4. The molecule has 5 rings (SSSR count). The van der Waals surface area contributed by atoms with Crippen LogP contribution >= 0.6 is 0 Å². The lowest BCUT2D eigenvalue weighted by molar-refractivity contribution is -0.203. The Morgan fingerprint density at radius 2 is 1.97 bits per heavy atom. The van der Waals surface area contributed by atoms with Crippen LogP contribution in [0.25, 0.3) is 0 Å². The minimum atomic E-state index is -5.46. The second-order valence-corrected chi connectivity index (χ2v) is 10.1. The average Bonchev–Trinajstić information content (AvgIpc) is 3.19. The van der Waals surface area contributed by atoms with Gasteiger partial charge in [-0.25, -0.2) is 9.59 Å². The van der Waals surface area contributed by atoms with Crippen LogP contribution in [-0.4, -0.2) is 82.6 Å². The number of likely N-dealkylation sites (N-methyl/N-ethyl adjacent to an activating group) is 1. The van der Waals surface area contributed by atoms with Crippen LogP contribution in [0.5, 0.6) is 11.5 Å². The largest absolute Gasteiger partial charge is 0.504 e. The van der Waals surface area contributed by atoms with E-state index in [-0.39, 0.29) is 29.7 Å². The normalized spacial score (nSPS) is 29.3. The van der Waals surface area contributed by atoms with Gasteiger partial charge in [-0.1, -0.05) is 6.07 Å². The Labute approximate surface area is 219 Å². The zero-order chi connectivity index (χ0) is 28.5. The number of aliphatic hydroxyl groups is 1. The summed E-state index contributed by atoms with van der Waals surface area (Å²) in [7, 11) is 1.89. The molecule has 2 bridgehead atoms. The number of nitrogens with zero attached hydrogens (tertiary/aromatic N) is 1. The highest BCUT2D eigenvalue weighted by molar-refractivity contribution is 5.91. The van der Waals surface area contributed by atoms with Crippen molar-refractivity contribution in [3.63, 3.8) is 0 Å². The van der Waals surface area contributed by atoms with Crippen molar-refractivity contribution in [3.8, 4) is 11.5 Å². The van der Waals surface area contributed by atoms with Crippen molar-refractivity contribution >= 4 is 23.9 Å². The molecule has 2 aliphatic carbocycles. The predicted molar refractivity (Wildman–Crippen MR) is 120 cm³/mol. The van der Waals surface area contributed by atoms with Gasteiger partial charge in [0.1, 0.15) is 5.76 Å². The molecular formula is C25H24F3NO10. The van der Waals surface area contributed by atoms with E-state index in [2.05, 4.69) is 4.74 Å². The highest BCUT2D eigenvalue weighted by Crippen LogP contribution is 2.65. The lowest BCUT2D eigenvalue weighted by Gasteiger charge is -2.61. The summed E-state index contributed by atoms with van der Waals surface area (Å²) in [6.07, 6.45) is -7.50. The third-order valence-electron chi connectivity index (χ3n) is 7.93. The Hall–Kier alpha value is -3.65. The van der Waals surface area contributed by atoms with Crippen molar-refractivity contribution < 1.29 is 61.5 Å². The number of aromatic hydroxyl groups is 1. The molecule has 1 spiro atoms. The van der Waals surface area contributed by atoms with Gasteiger partial charge in [0.25, 0.3) is 0 Å². The summed E-state index contributed by atoms with van der Waals surface area (Å²) < 4.78 is 57.4. The second kappa shape index (κ2) is 8.95. The molecule has 0 saturated carbocycles. The van der Waals surface area contributed by atoms with Gasteiger partial charge in [0, 0.05) is 24.9 Å². The molecule has 1 aromatic rings. The van der Waals surface area contributed by atoms with Crippen LogP contribution in [0.1, 0.15) is 37.3 Å². The highest BCUT2D eigenvalue weighted by atomic mass is 19.4. The number of ether oxygens (including phenoxy) is 4. The molecule has 0 aromatic heterocycles. The summed E-state index contributed by atoms with van der Waals surface area (Å²) in [6, 6.07) is 2.91. The predicted octanol–water partition coefficient (Wildman–Crippen LogP) is 1.17. The summed E-state index contributed by atoms with van der Waals surface area (Å²) >= 11 is 0. The Kier molecular flexibility index (Phi) is 6.18. The number of phenolic OH excluding ortho intramolecular Hbond substituents is 1. The fourth-order valence-electron chi connectivity index (χ4n) is 6.35. The number of hydrogen-bond acceptors (Lipinski definition) is 11. The number of alkyl halides is 3. The number of benzene rings is 1. The molecule has 14 heteroatoms. The molecule has 1 fully saturated rings. The number of hydrogen-bond donors (Lipinski definition) is 2. The van der Waals surface area contributed by atoms with Gasteiger partial charge in [0.05, 0.1) is 17.4 Å². The first-order valence-corrected chi connectivity index (χ1v) is 12.0. The van der Waals surface area contributed by atoms with Crippen molar-refractivity contribution in [2.75, 3.05) is 13.6 Å². The topological polar surface area (TPSA) is 149 Å². The minimum absolute atomic E-state index is 0.0272. The molecule has 0 radical (unpaired) electrons. The highest BCUT2D eigenvalue weighted by Gasteiger charge is 2.72. The van der Waals surface area contributed by atoms with Gasteiger partial charge in [0.2, 0.25) is 6.10 Å². The first-order chi connectivity index (χ1) is 18.2. The maximum atomic E-state index is 13.0. The standard InChI is InChI=1S/C25H24F3NO10/c1-11(30)36-15(10-17(32)38-22(34)25(26,27)28)21(33)37-14-5-6-24(35)16-9-12-3-4-13(31)19-18(12)23(24,20(14)39-19)7-8-29(16)2/h3-5,15-16,20,31,35H,6-10H2,1-2H3/t15-,16+,20-,23-,24+/m0/s1. The first kappa shape index (κ1) is 26.9. The summed E-state index contributed by atoms with van der Waals surface area (Å²) in [5.41, 5.74) is -0.991. The van der Waals surface area contributed by atoms with Crippen molar-refractivity contribution in [1.29, 1.82) is 0 Å². The molecule has 39 heavy (non-hydrogen) atoms. The van der Waals surface area contributed by atoms with Crippen molar-refractivity contribution in [2.45, 2.75) is 68.0 Å². The average molecular weight is 555 g/mol. The molecule has 2 N–H and O–H groups in total. The number of carbonyl (C=O) groups is 4. The van der Waals surface area contributed by atoms with Crippen molar-refractivity contribution in [2.24, 2.45) is 0 Å². The Morgan fingerprint density at radius 3 is 2.64 bits per heavy atom. The van der Waals surface area contributed by atoms with E-state index in [1.807, 2.05) is 11.9 Å². The van der Waals surface area contributed by atoms with E-state index < -0.39 is 59.7 Å². The number of halogens is 3. The second-order valence-electron chi connectivity index (χ2n) is 10.1. The summed E-state index contributed by atoms with van der Waals surface area (Å²) in [4.78, 5) is 49.5. The minimum Gasteiger partial charge on any atom is -0.504 e. The smallest absolute Gasteiger partial charge is 0.491 e. The fourth-order valence-corrected chi connectivity index (χ4v) is 6.35. The number of phenols is 1. The van der Waals surface area contributed by atoms with E-state index >= 15 is 0 Å². The molecule has 11 nitrogen and oxygen atoms in total. The van der Waals surface area contributed by atoms with Crippen molar-refractivity contribution in [3.05, 3.63) is 35.1 Å². The molecule has 2 aliphatic heterocycles. The molecule has 2 heterocycles. The van der Waals surface area contributed by atoms with Gasteiger partial charge in [-0.05, 0) is 44.1 Å². The SMILES string of the molecule is CC(=O)O[C@@H](CC(=O)OC(=O)C(F)(F)F)C(=O)OC1=CC[C@@]2(O)[C@H]3Cc4ccc(O)c5c4[C@@]2(CCN3C)[C@H]1O5. The summed E-state index contributed by atoms with van der Waals surface area (Å²) in [5, 5.41) is 22.6. The van der Waals surface area contributed by atoms with Gasteiger partial charge < -0.3 is 34.1 Å². The van der Waals surface area contributed by atoms with E-state index in [0.29, 0.717) is 24.9 Å². The van der Waals surface area contributed by atoms with Crippen LogP contribution in [0.4, 0.5) is 13.2 Å². The molecule has 4 aliphatic rings. The van der Waals surface area contributed by atoms with Crippen LogP contribution in [0, 0.1) is 0 Å². The van der Waals surface area contributed by atoms with Crippen LogP contribution in [-0.2, 0) is 45.2 Å². The molecule has 5 atom stereocenters. The van der Waals surface area contributed by atoms with Gasteiger partial charge >= 0.3 is 30.1 Å². The Balaban J connectivity index is 1.44. The lowest BCUT2D eigenvalue weighted by atomic mass is 9.50. The van der Waals surface area contributed by atoms with E-state index in [9.17, 15) is 42.6 Å². The van der Waals surface area contributed by atoms with Gasteiger partial charge in [-0.3, -0.25) is 9.59 Å².